The van der Waals surface area contributed by atoms with E-state index in [0.29, 0.717) is 16.7 Å². The van der Waals surface area contributed by atoms with E-state index in [9.17, 15) is 4.79 Å². The minimum Gasteiger partial charge on any atom is -0.483 e. The monoisotopic (exact) mass is 346 g/mol. The van der Waals surface area contributed by atoms with Crippen LogP contribution in [0.2, 0.25) is 5.02 Å². The lowest BCUT2D eigenvalue weighted by atomic mass is 9.90. The van der Waals surface area contributed by atoms with Crippen LogP contribution in [0.15, 0.2) is 53.8 Å². The summed E-state index contributed by atoms with van der Waals surface area (Å²) < 4.78 is 5.52. The number of halogens is 1. The van der Waals surface area contributed by atoms with Crippen LogP contribution in [0.3, 0.4) is 0 Å². The fourth-order valence-corrected chi connectivity index (χ4v) is 2.62. The molecule has 2 N–H and O–H groups in total. The highest BCUT2D eigenvalue weighted by Crippen LogP contribution is 2.25. The predicted molar refractivity (Wildman–Crippen MR) is 97.7 cm³/mol. The van der Waals surface area contributed by atoms with Crippen molar-refractivity contribution in [3.63, 3.8) is 0 Å². The number of benzene rings is 1. The molecule has 24 heavy (non-hydrogen) atoms. The zero-order valence-corrected chi connectivity index (χ0v) is 15.0. The van der Waals surface area contributed by atoms with Crippen molar-refractivity contribution in [2.75, 3.05) is 6.61 Å². The van der Waals surface area contributed by atoms with E-state index in [4.69, 9.17) is 16.3 Å². The number of ether oxygens (including phenoxy) is 1. The van der Waals surface area contributed by atoms with Crippen molar-refractivity contribution in [3.8, 4) is 5.75 Å². The van der Waals surface area contributed by atoms with Gasteiger partial charge in [-0.25, -0.2) is 0 Å². The first kappa shape index (κ1) is 18.1. The Morgan fingerprint density at radius 3 is 2.83 bits per heavy atom. The van der Waals surface area contributed by atoms with Gasteiger partial charge in [0, 0.05) is 10.9 Å². The number of hydrogen-bond donors (Lipinski definition) is 2. The van der Waals surface area contributed by atoms with E-state index in [2.05, 4.69) is 29.6 Å². The van der Waals surface area contributed by atoms with Gasteiger partial charge in [-0.05, 0) is 56.5 Å². The van der Waals surface area contributed by atoms with Gasteiger partial charge in [0.25, 0.3) is 5.91 Å². The molecule has 0 bridgehead atoms. The second-order valence-electron chi connectivity index (χ2n) is 6.03. The van der Waals surface area contributed by atoms with Crippen LogP contribution >= 0.6 is 11.6 Å². The van der Waals surface area contributed by atoms with Crippen LogP contribution < -0.4 is 15.6 Å². The van der Waals surface area contributed by atoms with Crippen molar-refractivity contribution >= 4 is 17.5 Å². The molecule has 1 aliphatic rings. The largest absolute Gasteiger partial charge is 0.483 e. The van der Waals surface area contributed by atoms with Crippen LogP contribution in [0, 0.1) is 12.8 Å². The lowest BCUT2D eigenvalue weighted by Gasteiger charge is -2.21. The molecule has 1 aromatic rings. The molecular weight excluding hydrogens is 324 g/mol. The van der Waals surface area contributed by atoms with E-state index in [1.54, 1.807) is 18.2 Å². The molecule has 0 aromatic heterocycles. The lowest BCUT2D eigenvalue weighted by Crippen LogP contribution is -2.40. The predicted octanol–water partition coefficient (Wildman–Crippen LogP) is 4.07. The van der Waals surface area contributed by atoms with Crippen LogP contribution in [0.5, 0.6) is 5.75 Å². The maximum atomic E-state index is 12.0. The Morgan fingerprint density at radius 2 is 2.17 bits per heavy atom. The Morgan fingerprint density at radius 1 is 1.42 bits per heavy atom. The van der Waals surface area contributed by atoms with Crippen molar-refractivity contribution in [2.24, 2.45) is 5.92 Å². The smallest absolute Gasteiger partial charge is 0.276 e. The summed E-state index contributed by atoms with van der Waals surface area (Å²) in [5, 5.41) is 0.643. The maximum absolute atomic E-state index is 12.0. The molecule has 4 nitrogen and oxygen atoms in total. The molecule has 0 radical (unpaired) electrons. The Hall–Kier alpha value is -2.20. The first-order valence-corrected chi connectivity index (χ1v) is 8.22. The topological polar surface area (TPSA) is 50.4 Å². The second kappa shape index (κ2) is 8.06. The van der Waals surface area contributed by atoms with Crippen molar-refractivity contribution in [1.29, 1.82) is 0 Å². The number of hydrogen-bond acceptors (Lipinski definition) is 3. The summed E-state index contributed by atoms with van der Waals surface area (Å²) in [5.74, 6) is 0.682. The van der Waals surface area contributed by atoms with Crippen molar-refractivity contribution in [2.45, 2.75) is 27.2 Å². The molecule has 5 heteroatoms. The molecule has 0 saturated heterocycles. The zero-order valence-electron chi connectivity index (χ0n) is 14.3. The molecule has 0 heterocycles. The Balaban J connectivity index is 1.86. The molecule has 0 aliphatic heterocycles. The molecule has 1 aromatic carbocycles. The van der Waals surface area contributed by atoms with Crippen molar-refractivity contribution in [3.05, 3.63) is 64.4 Å². The highest BCUT2D eigenvalue weighted by Gasteiger charge is 2.14. The highest BCUT2D eigenvalue weighted by atomic mass is 35.5. The SMILES string of the molecule is C=C(C)C1C=C(NNC(=O)COc2ccc(Cl)cc2C)C(C)=CC1. The fourth-order valence-electron chi connectivity index (χ4n) is 2.39. The Kier molecular flexibility index (Phi) is 6.10. The van der Waals surface area contributed by atoms with Crippen LogP contribution in [0.25, 0.3) is 0 Å². The van der Waals surface area contributed by atoms with E-state index in [1.807, 2.05) is 20.8 Å². The number of carbonyl (C=O) groups is 1. The number of rotatable bonds is 6. The number of allylic oxidation sites excluding steroid dienone is 4. The first-order chi connectivity index (χ1) is 11.4. The number of aryl methyl sites for hydroxylation is 1. The molecule has 128 valence electrons. The quantitative estimate of drug-likeness (QED) is 0.603. The van der Waals surface area contributed by atoms with Gasteiger partial charge in [0.05, 0.1) is 5.70 Å². The highest BCUT2D eigenvalue weighted by molar-refractivity contribution is 6.30. The van der Waals surface area contributed by atoms with E-state index >= 15 is 0 Å². The number of hydrazine groups is 1. The van der Waals surface area contributed by atoms with Gasteiger partial charge in [0.15, 0.2) is 6.61 Å². The zero-order chi connectivity index (χ0) is 17.7. The van der Waals surface area contributed by atoms with Crippen molar-refractivity contribution < 1.29 is 9.53 Å². The van der Waals surface area contributed by atoms with E-state index < -0.39 is 0 Å². The van der Waals surface area contributed by atoms with E-state index in [0.717, 1.165) is 28.8 Å². The minimum absolute atomic E-state index is 0.0740. The third-order valence-electron chi connectivity index (χ3n) is 3.94. The summed E-state index contributed by atoms with van der Waals surface area (Å²) in [6.45, 7) is 9.82. The molecule has 0 spiro atoms. The molecule has 1 aliphatic carbocycles. The van der Waals surface area contributed by atoms with Gasteiger partial charge in [-0.15, -0.1) is 0 Å². The summed E-state index contributed by atoms with van der Waals surface area (Å²) in [7, 11) is 0. The summed E-state index contributed by atoms with van der Waals surface area (Å²) in [6.07, 6.45) is 5.17. The average molecular weight is 347 g/mol. The second-order valence-corrected chi connectivity index (χ2v) is 6.46. The molecule has 1 unspecified atom stereocenters. The standard InChI is InChI=1S/C19H23ClN2O2/c1-12(2)15-6-5-13(3)17(10-15)21-22-19(23)11-24-18-8-7-16(20)9-14(18)4/h5,7-10,15,21H,1,6,11H2,2-4H3,(H,22,23). The fraction of sp³-hybridized carbons (Fsp3) is 0.316. The first-order valence-electron chi connectivity index (χ1n) is 7.85. The van der Waals surface area contributed by atoms with Gasteiger partial charge in [-0.2, -0.15) is 0 Å². The van der Waals surface area contributed by atoms with Crippen LogP contribution in [0.4, 0.5) is 0 Å². The molecule has 0 fully saturated rings. The third kappa shape index (κ3) is 4.90. The number of nitrogens with one attached hydrogen (secondary N) is 2. The van der Waals surface area contributed by atoms with E-state index in [1.165, 1.54) is 0 Å². The maximum Gasteiger partial charge on any atom is 0.276 e. The van der Waals surface area contributed by atoms with Crippen LogP contribution in [0.1, 0.15) is 25.8 Å². The van der Waals surface area contributed by atoms with Gasteiger partial charge >= 0.3 is 0 Å². The van der Waals surface area contributed by atoms with E-state index in [-0.39, 0.29) is 12.5 Å². The number of amides is 1. The summed E-state index contributed by atoms with van der Waals surface area (Å²) >= 11 is 5.90. The average Bonchev–Trinajstić information content (AvgIpc) is 2.53. The van der Waals surface area contributed by atoms with Crippen molar-refractivity contribution in [1.82, 2.24) is 10.9 Å². The Labute approximate surface area is 148 Å². The summed E-state index contributed by atoms with van der Waals surface area (Å²) in [4.78, 5) is 12.0. The lowest BCUT2D eigenvalue weighted by molar-refractivity contribution is -0.123. The molecular formula is C19H23ClN2O2. The van der Waals surface area contributed by atoms with Gasteiger partial charge in [-0.1, -0.05) is 35.9 Å². The normalized spacial score (nSPS) is 16.8. The third-order valence-corrected chi connectivity index (χ3v) is 4.17. The van der Waals surface area contributed by atoms with Gasteiger partial charge in [0.2, 0.25) is 0 Å². The molecule has 2 rings (SSSR count). The van der Waals surface area contributed by atoms with Gasteiger partial charge < -0.3 is 4.74 Å². The minimum atomic E-state index is -0.254. The molecule has 1 amide bonds. The summed E-state index contributed by atoms with van der Waals surface area (Å²) in [5.41, 5.74) is 9.62. The van der Waals surface area contributed by atoms with Crippen LogP contribution in [-0.4, -0.2) is 12.5 Å². The molecule has 0 saturated carbocycles. The Bertz CT molecular complexity index is 707. The van der Waals surface area contributed by atoms with Gasteiger partial charge in [0.1, 0.15) is 5.75 Å². The molecule has 1 atom stereocenters. The van der Waals surface area contributed by atoms with Crippen LogP contribution in [-0.2, 0) is 4.79 Å². The number of carbonyl (C=O) groups excluding carboxylic acids is 1. The van der Waals surface area contributed by atoms with Gasteiger partial charge in [-0.3, -0.25) is 15.6 Å². The summed E-state index contributed by atoms with van der Waals surface area (Å²) in [6, 6.07) is 5.29.